The van der Waals surface area contributed by atoms with E-state index in [-0.39, 0.29) is 0 Å². The molecular formula is C14H12Br2N4S. The molecule has 0 radical (unpaired) electrons. The zero-order valence-corrected chi connectivity index (χ0v) is 15.1. The number of nitrogens with one attached hydrogen (secondary N) is 2. The minimum Gasteiger partial charge on any atom is -0.380 e. The highest BCUT2D eigenvalue weighted by molar-refractivity contribution is 9.13. The van der Waals surface area contributed by atoms with Crippen LogP contribution in [0.3, 0.4) is 0 Å². The summed E-state index contributed by atoms with van der Waals surface area (Å²) in [6.07, 6.45) is 0. The van der Waals surface area contributed by atoms with Crippen molar-refractivity contribution in [2.45, 2.75) is 13.5 Å². The minimum atomic E-state index is 0.720. The smallest absolute Gasteiger partial charge is 0.181 e. The molecule has 4 nitrogen and oxygen atoms in total. The molecule has 0 aliphatic heterocycles. The van der Waals surface area contributed by atoms with E-state index in [1.54, 1.807) is 11.3 Å². The average Bonchev–Trinajstić information content (AvgIpc) is 3.04. The maximum absolute atomic E-state index is 4.35. The van der Waals surface area contributed by atoms with Crippen LogP contribution in [0.4, 0.5) is 5.69 Å². The molecule has 0 aliphatic carbocycles. The fourth-order valence-corrected chi connectivity index (χ4v) is 4.02. The number of anilines is 1. The number of hydrogen-bond acceptors (Lipinski definition) is 4. The molecule has 3 aromatic rings. The minimum absolute atomic E-state index is 0.720. The van der Waals surface area contributed by atoms with Crippen molar-refractivity contribution < 1.29 is 0 Å². The summed E-state index contributed by atoms with van der Waals surface area (Å²) in [5.74, 6) is 1.54. The Bertz CT molecular complexity index is 746. The molecule has 0 fully saturated rings. The topological polar surface area (TPSA) is 53.6 Å². The molecule has 3 rings (SSSR count). The monoisotopic (exact) mass is 426 g/mol. The summed E-state index contributed by atoms with van der Waals surface area (Å²) in [4.78, 5) is 5.61. The van der Waals surface area contributed by atoms with Gasteiger partial charge in [0.05, 0.1) is 3.79 Å². The van der Waals surface area contributed by atoms with Gasteiger partial charge in [-0.15, -0.1) is 11.3 Å². The largest absolute Gasteiger partial charge is 0.380 e. The highest BCUT2D eigenvalue weighted by atomic mass is 79.9. The third-order valence-electron chi connectivity index (χ3n) is 2.88. The van der Waals surface area contributed by atoms with Gasteiger partial charge in [-0.2, -0.15) is 5.10 Å². The van der Waals surface area contributed by atoms with E-state index < -0.39 is 0 Å². The van der Waals surface area contributed by atoms with E-state index in [1.165, 1.54) is 4.88 Å². The van der Waals surface area contributed by atoms with Crippen molar-refractivity contribution in [3.63, 3.8) is 0 Å². The molecule has 21 heavy (non-hydrogen) atoms. The Labute approximate surface area is 143 Å². The van der Waals surface area contributed by atoms with E-state index in [9.17, 15) is 0 Å². The molecule has 2 N–H and O–H groups in total. The van der Waals surface area contributed by atoms with Crippen LogP contribution in [-0.2, 0) is 6.54 Å². The van der Waals surface area contributed by atoms with Gasteiger partial charge in [0.2, 0.25) is 0 Å². The predicted molar refractivity (Wildman–Crippen MR) is 93.6 cm³/mol. The second-order valence-electron chi connectivity index (χ2n) is 4.51. The summed E-state index contributed by atoms with van der Waals surface area (Å²) in [5, 5.41) is 10.5. The number of aryl methyl sites for hydroxylation is 1. The molecule has 108 valence electrons. The lowest BCUT2D eigenvalue weighted by Crippen LogP contribution is -1.97. The van der Waals surface area contributed by atoms with Gasteiger partial charge in [-0.3, -0.25) is 5.10 Å². The third kappa shape index (κ3) is 3.53. The van der Waals surface area contributed by atoms with Crippen LogP contribution in [0.25, 0.3) is 11.4 Å². The summed E-state index contributed by atoms with van der Waals surface area (Å²) in [7, 11) is 0. The lowest BCUT2D eigenvalue weighted by molar-refractivity contribution is 1.04. The fourth-order valence-electron chi connectivity index (χ4n) is 1.91. The number of hydrogen-bond donors (Lipinski definition) is 2. The van der Waals surface area contributed by atoms with Gasteiger partial charge in [-0.05, 0) is 57.0 Å². The predicted octanol–water partition coefficient (Wildman–Crippen LogP) is 4.98. The maximum atomic E-state index is 4.35. The standard InChI is InChI=1S/C14H12Br2N4S/c1-8-18-14(20-19-8)9-3-2-4-10(5-9)17-7-11-6-12(15)13(16)21-11/h2-6,17H,7H2,1H3,(H,18,19,20). The first-order valence-electron chi connectivity index (χ1n) is 6.29. The van der Waals surface area contributed by atoms with Gasteiger partial charge < -0.3 is 5.32 Å². The zero-order valence-electron chi connectivity index (χ0n) is 11.2. The van der Waals surface area contributed by atoms with E-state index in [0.717, 1.165) is 37.7 Å². The third-order valence-corrected chi connectivity index (χ3v) is 6.14. The average molecular weight is 428 g/mol. The van der Waals surface area contributed by atoms with E-state index in [4.69, 9.17) is 0 Å². The van der Waals surface area contributed by atoms with Crippen molar-refractivity contribution in [1.29, 1.82) is 0 Å². The highest BCUT2D eigenvalue weighted by Crippen LogP contribution is 2.32. The molecule has 0 spiro atoms. The number of nitrogens with zero attached hydrogens (tertiary/aromatic N) is 2. The first-order valence-corrected chi connectivity index (χ1v) is 8.69. The quantitative estimate of drug-likeness (QED) is 0.617. The molecule has 0 bridgehead atoms. The lowest BCUT2D eigenvalue weighted by atomic mass is 10.2. The van der Waals surface area contributed by atoms with Crippen LogP contribution in [0, 0.1) is 6.92 Å². The number of H-pyrrole nitrogens is 1. The first-order chi connectivity index (χ1) is 10.1. The zero-order chi connectivity index (χ0) is 14.8. The Morgan fingerprint density at radius 3 is 2.81 bits per heavy atom. The molecule has 2 aromatic heterocycles. The summed E-state index contributed by atoms with van der Waals surface area (Å²) in [5.41, 5.74) is 2.05. The number of rotatable bonds is 4. The van der Waals surface area contributed by atoms with Crippen molar-refractivity contribution in [3.05, 3.63) is 49.3 Å². The second kappa shape index (κ2) is 6.29. The van der Waals surface area contributed by atoms with Gasteiger partial charge in [0.1, 0.15) is 5.82 Å². The lowest BCUT2D eigenvalue weighted by Gasteiger charge is -2.05. The van der Waals surface area contributed by atoms with Crippen LogP contribution in [-0.4, -0.2) is 15.2 Å². The van der Waals surface area contributed by atoms with Gasteiger partial charge in [0, 0.05) is 27.1 Å². The van der Waals surface area contributed by atoms with Crippen LogP contribution >= 0.6 is 43.2 Å². The summed E-state index contributed by atoms with van der Waals surface area (Å²) >= 11 is 8.73. The summed E-state index contributed by atoms with van der Waals surface area (Å²) < 4.78 is 2.21. The van der Waals surface area contributed by atoms with Crippen molar-refractivity contribution >= 4 is 48.9 Å². The molecule has 0 saturated carbocycles. The van der Waals surface area contributed by atoms with E-state index in [2.05, 4.69) is 64.5 Å². The van der Waals surface area contributed by atoms with Crippen molar-refractivity contribution in [3.8, 4) is 11.4 Å². The molecular weight excluding hydrogens is 416 g/mol. The van der Waals surface area contributed by atoms with Crippen molar-refractivity contribution in [2.75, 3.05) is 5.32 Å². The Morgan fingerprint density at radius 2 is 2.14 bits per heavy atom. The van der Waals surface area contributed by atoms with Crippen LogP contribution in [0.15, 0.2) is 38.6 Å². The molecule has 1 aromatic carbocycles. The van der Waals surface area contributed by atoms with Gasteiger partial charge in [0.25, 0.3) is 0 Å². The number of aromatic nitrogens is 3. The van der Waals surface area contributed by atoms with E-state index in [1.807, 2.05) is 25.1 Å². The van der Waals surface area contributed by atoms with Gasteiger partial charge in [0.15, 0.2) is 5.82 Å². The molecule has 7 heteroatoms. The summed E-state index contributed by atoms with van der Waals surface area (Å²) in [6.45, 7) is 2.68. The van der Waals surface area contributed by atoms with Gasteiger partial charge >= 0.3 is 0 Å². The maximum Gasteiger partial charge on any atom is 0.181 e. The highest BCUT2D eigenvalue weighted by Gasteiger charge is 2.06. The van der Waals surface area contributed by atoms with Crippen molar-refractivity contribution in [2.24, 2.45) is 0 Å². The molecule has 0 saturated heterocycles. The van der Waals surface area contributed by atoms with E-state index >= 15 is 0 Å². The summed E-state index contributed by atoms with van der Waals surface area (Å²) in [6, 6.07) is 10.2. The van der Waals surface area contributed by atoms with Crippen LogP contribution in [0.5, 0.6) is 0 Å². The van der Waals surface area contributed by atoms with Crippen LogP contribution < -0.4 is 5.32 Å². The number of benzene rings is 1. The Hall–Kier alpha value is -1.18. The second-order valence-corrected chi connectivity index (χ2v) is 7.82. The number of halogens is 2. The van der Waals surface area contributed by atoms with Crippen LogP contribution in [0.1, 0.15) is 10.7 Å². The van der Waals surface area contributed by atoms with Gasteiger partial charge in [-0.25, -0.2) is 4.98 Å². The molecule has 0 unspecified atom stereocenters. The molecule has 0 aliphatic rings. The molecule has 0 amide bonds. The van der Waals surface area contributed by atoms with E-state index in [0.29, 0.717) is 0 Å². The Morgan fingerprint density at radius 1 is 1.29 bits per heavy atom. The van der Waals surface area contributed by atoms with Crippen molar-refractivity contribution in [1.82, 2.24) is 15.2 Å². The fraction of sp³-hybridized carbons (Fsp3) is 0.143. The van der Waals surface area contributed by atoms with Crippen LogP contribution in [0.2, 0.25) is 0 Å². The van der Waals surface area contributed by atoms with Gasteiger partial charge in [-0.1, -0.05) is 12.1 Å². The molecule has 2 heterocycles. The Kier molecular flexibility index (Phi) is 4.42. The number of aromatic amines is 1. The SMILES string of the molecule is Cc1nc(-c2cccc(NCc3cc(Br)c(Br)s3)c2)n[nH]1. The normalized spacial score (nSPS) is 10.8. The Balaban J connectivity index is 1.74. The number of thiophene rings is 1. The first kappa shape index (κ1) is 14.7. The molecule has 0 atom stereocenters.